The third-order valence-corrected chi connectivity index (χ3v) is 4.51. The number of amidine groups is 1. The van der Waals surface area contributed by atoms with E-state index in [0.29, 0.717) is 6.04 Å². The van der Waals surface area contributed by atoms with Gasteiger partial charge in [-0.05, 0) is 12.0 Å². The van der Waals surface area contributed by atoms with Crippen molar-refractivity contribution in [1.29, 1.82) is 5.41 Å². The molecule has 2 fully saturated rings. The fourth-order valence-corrected chi connectivity index (χ4v) is 3.36. The van der Waals surface area contributed by atoms with E-state index in [9.17, 15) is 0 Å². The first-order chi connectivity index (χ1) is 10.2. The molecule has 2 heterocycles. The summed E-state index contributed by atoms with van der Waals surface area (Å²) >= 11 is 0. The first kappa shape index (κ1) is 14.5. The van der Waals surface area contributed by atoms with Crippen LogP contribution in [-0.2, 0) is 11.3 Å². The second-order valence-electron chi connectivity index (χ2n) is 5.90. The van der Waals surface area contributed by atoms with Crippen LogP contribution in [0.15, 0.2) is 24.3 Å². The molecule has 1 unspecified atom stereocenters. The van der Waals surface area contributed by atoms with Crippen LogP contribution in [0.25, 0.3) is 0 Å². The molecule has 3 N–H and O–H groups in total. The van der Waals surface area contributed by atoms with E-state index in [1.165, 1.54) is 6.42 Å². The minimum Gasteiger partial charge on any atom is -0.384 e. The van der Waals surface area contributed by atoms with Crippen molar-refractivity contribution in [2.24, 2.45) is 5.73 Å². The average molecular weight is 288 g/mol. The number of likely N-dealkylation sites (tertiary alicyclic amines) is 1. The predicted molar refractivity (Wildman–Crippen MR) is 83.5 cm³/mol. The third-order valence-electron chi connectivity index (χ3n) is 4.51. The molecule has 2 aliphatic rings. The van der Waals surface area contributed by atoms with Crippen LogP contribution in [0.3, 0.4) is 0 Å². The Bertz CT molecular complexity index is 499. The standard InChI is InChI=1S/C16H24N4O/c17-16(18)15-4-2-1-3-13(15)11-19-6-5-14(12-19)20-7-9-21-10-8-20/h1-4,14H,5-12H2,(H3,17,18). The number of ether oxygens (including phenoxy) is 1. The predicted octanol–water partition coefficient (Wildman–Crippen LogP) is 0.877. The number of benzene rings is 1. The van der Waals surface area contributed by atoms with Gasteiger partial charge in [-0.2, -0.15) is 0 Å². The molecule has 21 heavy (non-hydrogen) atoms. The third kappa shape index (κ3) is 3.43. The van der Waals surface area contributed by atoms with Gasteiger partial charge >= 0.3 is 0 Å². The SMILES string of the molecule is N=C(N)c1ccccc1CN1CCC(N2CCOCC2)C1. The number of nitrogens with zero attached hydrogens (tertiary/aromatic N) is 2. The quantitative estimate of drug-likeness (QED) is 0.637. The molecule has 2 aliphatic heterocycles. The van der Waals surface area contributed by atoms with Gasteiger partial charge in [0, 0.05) is 44.3 Å². The Morgan fingerprint density at radius 1 is 1.24 bits per heavy atom. The van der Waals surface area contributed by atoms with Crippen LogP contribution >= 0.6 is 0 Å². The smallest absolute Gasteiger partial charge is 0.123 e. The molecular formula is C16H24N4O. The highest BCUT2D eigenvalue weighted by Crippen LogP contribution is 2.20. The zero-order valence-corrected chi connectivity index (χ0v) is 12.4. The Morgan fingerprint density at radius 2 is 2.00 bits per heavy atom. The van der Waals surface area contributed by atoms with Crippen molar-refractivity contribution >= 4 is 5.84 Å². The minimum absolute atomic E-state index is 0.162. The Hall–Kier alpha value is -1.43. The molecule has 2 saturated heterocycles. The van der Waals surface area contributed by atoms with Gasteiger partial charge in [-0.25, -0.2) is 0 Å². The average Bonchev–Trinajstić information content (AvgIpc) is 2.97. The van der Waals surface area contributed by atoms with Gasteiger partial charge in [0.15, 0.2) is 0 Å². The lowest BCUT2D eigenvalue weighted by Gasteiger charge is -2.32. The highest BCUT2D eigenvalue weighted by Gasteiger charge is 2.28. The minimum atomic E-state index is 0.162. The molecule has 0 aromatic heterocycles. The molecule has 0 saturated carbocycles. The Kier molecular flexibility index (Phi) is 4.53. The number of hydrogen-bond donors (Lipinski definition) is 2. The Balaban J connectivity index is 1.61. The largest absolute Gasteiger partial charge is 0.384 e. The van der Waals surface area contributed by atoms with Crippen LogP contribution in [0.5, 0.6) is 0 Å². The van der Waals surface area contributed by atoms with Crippen molar-refractivity contribution in [3.63, 3.8) is 0 Å². The normalized spacial score (nSPS) is 24.3. The highest BCUT2D eigenvalue weighted by atomic mass is 16.5. The molecule has 114 valence electrons. The van der Waals surface area contributed by atoms with Crippen molar-refractivity contribution in [2.45, 2.75) is 19.0 Å². The van der Waals surface area contributed by atoms with Crippen molar-refractivity contribution in [2.75, 3.05) is 39.4 Å². The summed E-state index contributed by atoms with van der Waals surface area (Å²) in [6, 6.07) is 8.64. The first-order valence-corrected chi connectivity index (χ1v) is 7.70. The van der Waals surface area contributed by atoms with Gasteiger partial charge in [-0.15, -0.1) is 0 Å². The van der Waals surface area contributed by atoms with Crippen LogP contribution in [0.2, 0.25) is 0 Å². The molecule has 0 radical (unpaired) electrons. The van der Waals surface area contributed by atoms with Crippen LogP contribution in [0.1, 0.15) is 17.5 Å². The molecule has 0 spiro atoms. The molecule has 0 amide bonds. The molecule has 1 aromatic carbocycles. The van der Waals surface area contributed by atoms with Gasteiger partial charge in [0.25, 0.3) is 0 Å². The summed E-state index contributed by atoms with van der Waals surface area (Å²) < 4.78 is 5.43. The molecule has 1 aromatic rings. The second kappa shape index (κ2) is 6.56. The zero-order chi connectivity index (χ0) is 14.7. The maximum absolute atomic E-state index is 7.69. The fraction of sp³-hybridized carbons (Fsp3) is 0.562. The van der Waals surface area contributed by atoms with Gasteiger partial charge in [-0.3, -0.25) is 15.2 Å². The van der Waals surface area contributed by atoms with E-state index in [2.05, 4.69) is 15.9 Å². The van der Waals surface area contributed by atoms with Gasteiger partial charge in [0.1, 0.15) is 5.84 Å². The van der Waals surface area contributed by atoms with Crippen molar-refractivity contribution in [3.05, 3.63) is 35.4 Å². The number of nitrogens with one attached hydrogen (secondary N) is 1. The molecular weight excluding hydrogens is 264 g/mol. The molecule has 5 heteroatoms. The molecule has 0 aliphatic carbocycles. The summed E-state index contributed by atoms with van der Waals surface area (Å²) in [6.07, 6.45) is 1.22. The Labute approximate surface area is 126 Å². The lowest BCUT2D eigenvalue weighted by Crippen LogP contribution is -2.44. The number of nitrogen functional groups attached to an aromatic ring is 1. The number of hydrogen-bond acceptors (Lipinski definition) is 4. The monoisotopic (exact) mass is 288 g/mol. The van der Waals surface area contributed by atoms with E-state index in [1.54, 1.807) is 0 Å². The topological polar surface area (TPSA) is 65.6 Å². The lowest BCUT2D eigenvalue weighted by molar-refractivity contribution is 0.0184. The maximum Gasteiger partial charge on any atom is 0.123 e. The van der Waals surface area contributed by atoms with E-state index in [1.807, 2.05) is 18.2 Å². The van der Waals surface area contributed by atoms with Crippen LogP contribution in [0.4, 0.5) is 0 Å². The summed E-state index contributed by atoms with van der Waals surface area (Å²) in [5.41, 5.74) is 7.70. The summed E-state index contributed by atoms with van der Waals surface area (Å²) in [5, 5.41) is 7.69. The van der Waals surface area contributed by atoms with Crippen molar-refractivity contribution in [3.8, 4) is 0 Å². The molecule has 0 bridgehead atoms. The molecule has 5 nitrogen and oxygen atoms in total. The van der Waals surface area contributed by atoms with Gasteiger partial charge in [0.2, 0.25) is 0 Å². The second-order valence-corrected chi connectivity index (χ2v) is 5.90. The molecule has 3 rings (SSSR count). The number of morpholine rings is 1. The van der Waals surface area contributed by atoms with E-state index >= 15 is 0 Å². The zero-order valence-electron chi connectivity index (χ0n) is 12.4. The van der Waals surface area contributed by atoms with Crippen LogP contribution < -0.4 is 5.73 Å². The fourth-order valence-electron chi connectivity index (χ4n) is 3.36. The Morgan fingerprint density at radius 3 is 2.76 bits per heavy atom. The van der Waals surface area contributed by atoms with Crippen LogP contribution in [-0.4, -0.2) is 61.1 Å². The van der Waals surface area contributed by atoms with E-state index in [-0.39, 0.29) is 5.84 Å². The summed E-state index contributed by atoms with van der Waals surface area (Å²) in [6.45, 7) is 6.95. The van der Waals surface area contributed by atoms with Crippen molar-refractivity contribution in [1.82, 2.24) is 9.80 Å². The van der Waals surface area contributed by atoms with Gasteiger partial charge in [-0.1, -0.05) is 24.3 Å². The van der Waals surface area contributed by atoms with Crippen LogP contribution in [0, 0.1) is 5.41 Å². The highest BCUT2D eigenvalue weighted by molar-refractivity contribution is 5.96. The lowest BCUT2D eigenvalue weighted by atomic mass is 10.1. The first-order valence-electron chi connectivity index (χ1n) is 7.70. The maximum atomic E-state index is 7.69. The van der Waals surface area contributed by atoms with E-state index < -0.39 is 0 Å². The van der Waals surface area contributed by atoms with Gasteiger partial charge < -0.3 is 10.5 Å². The van der Waals surface area contributed by atoms with Crippen molar-refractivity contribution < 1.29 is 4.74 Å². The van der Waals surface area contributed by atoms with Gasteiger partial charge in [0.05, 0.1) is 13.2 Å². The van der Waals surface area contributed by atoms with E-state index in [0.717, 1.165) is 57.1 Å². The summed E-state index contributed by atoms with van der Waals surface area (Å²) in [7, 11) is 0. The summed E-state index contributed by atoms with van der Waals surface area (Å²) in [4.78, 5) is 5.03. The number of nitrogens with two attached hydrogens (primary N) is 1. The van der Waals surface area contributed by atoms with E-state index in [4.69, 9.17) is 15.9 Å². The molecule has 1 atom stereocenters. The summed E-state index contributed by atoms with van der Waals surface area (Å²) in [5.74, 6) is 0.162. The number of rotatable bonds is 4.